The van der Waals surface area contributed by atoms with Crippen molar-refractivity contribution in [2.75, 3.05) is 11.9 Å². The van der Waals surface area contributed by atoms with E-state index in [1.165, 1.54) is 0 Å². The average Bonchev–Trinajstić information content (AvgIpc) is 2.53. The Morgan fingerprint density at radius 1 is 1.17 bits per heavy atom. The van der Waals surface area contributed by atoms with E-state index in [4.69, 9.17) is 9.84 Å². The van der Waals surface area contributed by atoms with Gasteiger partial charge in [-0.05, 0) is 50.1 Å². The second-order valence-corrected chi connectivity index (χ2v) is 5.79. The highest BCUT2D eigenvalue weighted by Gasteiger charge is 2.14. The van der Waals surface area contributed by atoms with Crippen molar-refractivity contribution in [3.63, 3.8) is 0 Å². The normalized spacial score (nSPS) is 11.6. The molecule has 0 radical (unpaired) electrons. The molecule has 0 aliphatic heterocycles. The SMILES string of the molecule is Cc1ccc(OCC(=O)Nc2cccc(C(C)C(=O)O)c2)c(C)c1. The quantitative estimate of drug-likeness (QED) is 0.851. The molecule has 0 saturated carbocycles. The molecule has 2 aromatic carbocycles. The largest absolute Gasteiger partial charge is 0.483 e. The van der Waals surface area contributed by atoms with E-state index in [1.807, 2.05) is 32.0 Å². The Labute approximate surface area is 141 Å². The lowest BCUT2D eigenvalue weighted by molar-refractivity contribution is -0.138. The van der Waals surface area contributed by atoms with Crippen molar-refractivity contribution >= 4 is 17.6 Å². The molecule has 5 heteroatoms. The van der Waals surface area contributed by atoms with E-state index in [0.29, 0.717) is 17.0 Å². The number of carbonyl (C=O) groups excluding carboxylic acids is 1. The van der Waals surface area contributed by atoms with E-state index in [9.17, 15) is 9.59 Å². The number of hydrogen-bond acceptors (Lipinski definition) is 3. The van der Waals surface area contributed by atoms with Crippen molar-refractivity contribution in [1.82, 2.24) is 0 Å². The number of carboxylic acid groups (broad SMARTS) is 1. The van der Waals surface area contributed by atoms with Crippen molar-refractivity contribution in [3.05, 3.63) is 59.2 Å². The van der Waals surface area contributed by atoms with Gasteiger partial charge in [-0.15, -0.1) is 0 Å². The number of hydrogen-bond donors (Lipinski definition) is 2. The van der Waals surface area contributed by atoms with Crippen LogP contribution in [0.2, 0.25) is 0 Å². The van der Waals surface area contributed by atoms with E-state index in [-0.39, 0.29) is 12.5 Å². The first-order valence-corrected chi connectivity index (χ1v) is 7.69. The predicted octanol–water partition coefficient (Wildman–Crippen LogP) is 3.51. The summed E-state index contributed by atoms with van der Waals surface area (Å²) >= 11 is 0. The van der Waals surface area contributed by atoms with Gasteiger partial charge in [0.1, 0.15) is 5.75 Å². The first-order chi connectivity index (χ1) is 11.4. The van der Waals surface area contributed by atoms with Gasteiger partial charge in [0.15, 0.2) is 6.61 Å². The van der Waals surface area contributed by atoms with Crippen LogP contribution in [-0.2, 0) is 9.59 Å². The summed E-state index contributed by atoms with van der Waals surface area (Å²) < 4.78 is 5.54. The number of aliphatic carboxylic acids is 1. The van der Waals surface area contributed by atoms with Gasteiger partial charge in [-0.1, -0.05) is 29.8 Å². The van der Waals surface area contributed by atoms with Gasteiger partial charge >= 0.3 is 5.97 Å². The van der Waals surface area contributed by atoms with Crippen molar-refractivity contribution < 1.29 is 19.4 Å². The molecule has 0 saturated heterocycles. The fourth-order valence-corrected chi connectivity index (χ4v) is 2.33. The average molecular weight is 327 g/mol. The number of carbonyl (C=O) groups is 2. The van der Waals surface area contributed by atoms with Crippen LogP contribution >= 0.6 is 0 Å². The van der Waals surface area contributed by atoms with Gasteiger partial charge in [-0.3, -0.25) is 9.59 Å². The molecule has 1 atom stereocenters. The van der Waals surface area contributed by atoms with Crippen LogP contribution in [0.25, 0.3) is 0 Å². The molecule has 0 heterocycles. The van der Waals surface area contributed by atoms with E-state index >= 15 is 0 Å². The van der Waals surface area contributed by atoms with Crippen LogP contribution in [0.5, 0.6) is 5.75 Å². The van der Waals surface area contributed by atoms with E-state index in [0.717, 1.165) is 11.1 Å². The highest BCUT2D eigenvalue weighted by atomic mass is 16.5. The Kier molecular flexibility index (Phi) is 5.58. The van der Waals surface area contributed by atoms with Crippen LogP contribution in [0.4, 0.5) is 5.69 Å². The van der Waals surface area contributed by atoms with E-state index in [1.54, 1.807) is 31.2 Å². The third kappa shape index (κ3) is 4.59. The minimum atomic E-state index is -0.906. The summed E-state index contributed by atoms with van der Waals surface area (Å²) in [5.74, 6) is -1.16. The summed E-state index contributed by atoms with van der Waals surface area (Å²) in [7, 11) is 0. The number of nitrogens with one attached hydrogen (secondary N) is 1. The number of ether oxygens (including phenoxy) is 1. The summed E-state index contributed by atoms with van der Waals surface area (Å²) in [6.07, 6.45) is 0. The monoisotopic (exact) mass is 327 g/mol. The molecule has 126 valence electrons. The zero-order valence-electron chi connectivity index (χ0n) is 14.0. The first kappa shape index (κ1) is 17.5. The second kappa shape index (κ2) is 7.64. The number of anilines is 1. The molecule has 5 nitrogen and oxygen atoms in total. The number of rotatable bonds is 6. The predicted molar refractivity (Wildman–Crippen MR) is 92.5 cm³/mol. The number of amides is 1. The van der Waals surface area contributed by atoms with Crippen molar-refractivity contribution in [2.24, 2.45) is 0 Å². The minimum absolute atomic E-state index is 0.109. The summed E-state index contributed by atoms with van der Waals surface area (Å²) in [5, 5.41) is 11.8. The molecule has 1 unspecified atom stereocenters. The van der Waals surface area contributed by atoms with Crippen LogP contribution in [-0.4, -0.2) is 23.6 Å². The number of carboxylic acids is 1. The Balaban J connectivity index is 1.97. The fraction of sp³-hybridized carbons (Fsp3) is 0.263. The van der Waals surface area contributed by atoms with Crippen LogP contribution in [0, 0.1) is 13.8 Å². The third-order valence-corrected chi connectivity index (χ3v) is 3.73. The zero-order valence-corrected chi connectivity index (χ0v) is 14.0. The molecule has 2 N–H and O–H groups in total. The van der Waals surface area contributed by atoms with Crippen LogP contribution in [0.1, 0.15) is 29.5 Å². The first-order valence-electron chi connectivity index (χ1n) is 7.69. The van der Waals surface area contributed by atoms with Crippen LogP contribution < -0.4 is 10.1 Å². The van der Waals surface area contributed by atoms with E-state index < -0.39 is 11.9 Å². The molecule has 0 fully saturated rings. The molecule has 0 aromatic heterocycles. The Bertz CT molecular complexity index is 755. The Morgan fingerprint density at radius 3 is 2.58 bits per heavy atom. The maximum absolute atomic E-state index is 12.0. The van der Waals surface area contributed by atoms with Crippen molar-refractivity contribution in [2.45, 2.75) is 26.7 Å². The lowest BCUT2D eigenvalue weighted by Gasteiger charge is -2.12. The molecule has 0 aliphatic carbocycles. The Morgan fingerprint density at radius 2 is 1.92 bits per heavy atom. The molecule has 0 bridgehead atoms. The highest BCUT2D eigenvalue weighted by Crippen LogP contribution is 2.20. The van der Waals surface area contributed by atoms with Crippen LogP contribution in [0.3, 0.4) is 0 Å². The molecule has 0 spiro atoms. The zero-order chi connectivity index (χ0) is 17.7. The van der Waals surface area contributed by atoms with Gasteiger partial charge in [-0.2, -0.15) is 0 Å². The Hall–Kier alpha value is -2.82. The van der Waals surface area contributed by atoms with E-state index in [2.05, 4.69) is 5.32 Å². The van der Waals surface area contributed by atoms with Gasteiger partial charge < -0.3 is 15.2 Å². The summed E-state index contributed by atoms with van der Waals surface area (Å²) in [4.78, 5) is 23.1. The van der Waals surface area contributed by atoms with Crippen molar-refractivity contribution in [3.8, 4) is 5.75 Å². The van der Waals surface area contributed by atoms with Gasteiger partial charge in [0, 0.05) is 5.69 Å². The lowest BCUT2D eigenvalue weighted by Crippen LogP contribution is -2.20. The molecular weight excluding hydrogens is 306 g/mol. The van der Waals surface area contributed by atoms with Crippen LogP contribution in [0.15, 0.2) is 42.5 Å². The topological polar surface area (TPSA) is 75.6 Å². The maximum Gasteiger partial charge on any atom is 0.310 e. The highest BCUT2D eigenvalue weighted by molar-refractivity contribution is 5.92. The van der Waals surface area contributed by atoms with Gasteiger partial charge in [-0.25, -0.2) is 0 Å². The number of benzene rings is 2. The molecule has 2 aromatic rings. The summed E-state index contributed by atoms with van der Waals surface area (Å²) in [6.45, 7) is 5.42. The molecule has 2 rings (SSSR count). The fourth-order valence-electron chi connectivity index (χ4n) is 2.33. The second-order valence-electron chi connectivity index (χ2n) is 5.79. The third-order valence-electron chi connectivity index (χ3n) is 3.73. The summed E-state index contributed by atoms with van der Waals surface area (Å²) in [5.41, 5.74) is 3.29. The van der Waals surface area contributed by atoms with Gasteiger partial charge in [0.05, 0.1) is 5.92 Å². The lowest BCUT2D eigenvalue weighted by atomic mass is 10.0. The molecule has 1 amide bonds. The standard InChI is InChI=1S/C19H21NO4/c1-12-7-8-17(13(2)9-12)24-11-18(21)20-16-6-4-5-15(10-16)14(3)19(22)23/h4-10,14H,11H2,1-3H3,(H,20,21)(H,22,23). The minimum Gasteiger partial charge on any atom is -0.483 e. The molecular formula is C19H21NO4. The maximum atomic E-state index is 12.0. The van der Waals surface area contributed by atoms with Crippen molar-refractivity contribution in [1.29, 1.82) is 0 Å². The number of aryl methyl sites for hydroxylation is 2. The molecule has 24 heavy (non-hydrogen) atoms. The smallest absolute Gasteiger partial charge is 0.310 e. The van der Waals surface area contributed by atoms with Gasteiger partial charge in [0.2, 0.25) is 0 Å². The summed E-state index contributed by atoms with van der Waals surface area (Å²) in [6, 6.07) is 12.6. The van der Waals surface area contributed by atoms with Gasteiger partial charge in [0.25, 0.3) is 5.91 Å². The molecule has 0 aliphatic rings.